The van der Waals surface area contributed by atoms with E-state index in [9.17, 15) is 4.79 Å². The lowest BCUT2D eigenvalue weighted by Crippen LogP contribution is -2.28. The fourth-order valence-corrected chi connectivity index (χ4v) is 2.66. The van der Waals surface area contributed by atoms with Gasteiger partial charge in [0.25, 0.3) is 5.91 Å². The number of amides is 1. The number of carbonyl (C=O) groups excluding carboxylic acids is 1. The summed E-state index contributed by atoms with van der Waals surface area (Å²) in [5.41, 5.74) is 2.26. The van der Waals surface area contributed by atoms with Crippen molar-refractivity contribution in [2.45, 2.75) is 46.6 Å². The second-order valence-corrected chi connectivity index (χ2v) is 7.49. The van der Waals surface area contributed by atoms with Crippen LogP contribution in [0.2, 0.25) is 0 Å². The van der Waals surface area contributed by atoms with Gasteiger partial charge in [0.2, 0.25) is 0 Å². The third-order valence-electron chi connectivity index (χ3n) is 4.19. The molecule has 0 unspecified atom stereocenters. The van der Waals surface area contributed by atoms with Gasteiger partial charge in [0.15, 0.2) is 18.1 Å². The Labute approximate surface area is 168 Å². The van der Waals surface area contributed by atoms with Crippen LogP contribution in [0.1, 0.15) is 45.7 Å². The Morgan fingerprint density at radius 3 is 2.14 bits per heavy atom. The molecule has 0 aliphatic rings. The summed E-state index contributed by atoms with van der Waals surface area (Å²) in [6, 6.07) is 13.5. The van der Waals surface area contributed by atoms with Gasteiger partial charge in [-0.15, -0.1) is 0 Å². The van der Waals surface area contributed by atoms with Crippen molar-refractivity contribution in [3.63, 3.8) is 0 Å². The second-order valence-electron chi connectivity index (χ2n) is 7.49. The molecule has 0 atom stereocenters. The zero-order chi connectivity index (χ0) is 20.6. The van der Waals surface area contributed by atoms with Crippen LogP contribution in [0.3, 0.4) is 0 Å². The molecule has 0 bridgehead atoms. The molecule has 0 aromatic heterocycles. The van der Waals surface area contributed by atoms with Gasteiger partial charge in [-0.25, -0.2) is 0 Å². The van der Waals surface area contributed by atoms with Crippen molar-refractivity contribution in [3.8, 4) is 17.2 Å². The van der Waals surface area contributed by atoms with Gasteiger partial charge in [-0.05, 0) is 54.7 Å². The largest absolute Gasteiger partial charge is 0.490 e. The van der Waals surface area contributed by atoms with Crippen LogP contribution in [0, 0.1) is 0 Å². The molecule has 0 radical (unpaired) electrons. The van der Waals surface area contributed by atoms with Gasteiger partial charge in [0.05, 0.1) is 13.2 Å². The monoisotopic (exact) mass is 385 g/mol. The average Bonchev–Trinajstić information content (AvgIpc) is 2.66. The molecule has 0 saturated carbocycles. The molecule has 28 heavy (non-hydrogen) atoms. The van der Waals surface area contributed by atoms with Crippen LogP contribution >= 0.6 is 0 Å². The molecule has 0 saturated heterocycles. The van der Waals surface area contributed by atoms with Gasteiger partial charge in [-0.1, -0.05) is 39.0 Å². The van der Waals surface area contributed by atoms with Crippen molar-refractivity contribution >= 4 is 5.91 Å². The molecule has 0 aliphatic heterocycles. The van der Waals surface area contributed by atoms with Crippen LogP contribution in [-0.4, -0.2) is 25.7 Å². The van der Waals surface area contributed by atoms with E-state index < -0.39 is 0 Å². The quantitative estimate of drug-likeness (QED) is 0.692. The van der Waals surface area contributed by atoms with E-state index in [1.54, 1.807) is 0 Å². The fourth-order valence-electron chi connectivity index (χ4n) is 2.66. The van der Waals surface area contributed by atoms with Gasteiger partial charge in [-0.3, -0.25) is 4.79 Å². The molecule has 152 valence electrons. The first-order valence-electron chi connectivity index (χ1n) is 9.72. The van der Waals surface area contributed by atoms with E-state index in [1.165, 1.54) is 5.56 Å². The third kappa shape index (κ3) is 6.48. The average molecular weight is 386 g/mol. The summed E-state index contributed by atoms with van der Waals surface area (Å²) >= 11 is 0. The number of benzene rings is 2. The number of rotatable bonds is 9. The molecule has 2 rings (SSSR count). The maximum absolute atomic E-state index is 12.1. The van der Waals surface area contributed by atoms with E-state index >= 15 is 0 Å². The first-order valence-corrected chi connectivity index (χ1v) is 9.72. The first kappa shape index (κ1) is 21.6. The topological polar surface area (TPSA) is 56.8 Å². The van der Waals surface area contributed by atoms with E-state index in [0.29, 0.717) is 37.0 Å². The van der Waals surface area contributed by atoms with Crippen LogP contribution in [0.5, 0.6) is 17.2 Å². The van der Waals surface area contributed by atoms with Gasteiger partial charge in [-0.2, -0.15) is 0 Å². The summed E-state index contributed by atoms with van der Waals surface area (Å²) in [5.74, 6) is 1.90. The lowest BCUT2D eigenvalue weighted by atomic mass is 9.87. The van der Waals surface area contributed by atoms with E-state index in [0.717, 1.165) is 5.56 Å². The van der Waals surface area contributed by atoms with E-state index in [1.807, 2.05) is 56.3 Å². The van der Waals surface area contributed by atoms with Gasteiger partial charge in [0.1, 0.15) is 5.75 Å². The molecule has 1 amide bonds. The highest BCUT2D eigenvalue weighted by molar-refractivity contribution is 5.77. The maximum atomic E-state index is 12.1. The summed E-state index contributed by atoms with van der Waals surface area (Å²) in [4.78, 5) is 12.1. The molecule has 2 aromatic carbocycles. The van der Waals surface area contributed by atoms with Crippen molar-refractivity contribution in [1.29, 1.82) is 0 Å². The Bertz CT molecular complexity index is 763. The number of nitrogens with one attached hydrogen (secondary N) is 1. The number of hydrogen-bond donors (Lipinski definition) is 1. The lowest BCUT2D eigenvalue weighted by Gasteiger charge is -2.19. The van der Waals surface area contributed by atoms with Crippen molar-refractivity contribution in [2.75, 3.05) is 19.8 Å². The summed E-state index contributed by atoms with van der Waals surface area (Å²) in [6.07, 6.45) is 0. The molecule has 1 N–H and O–H groups in total. The molecule has 2 aromatic rings. The minimum atomic E-state index is -0.174. The molecule has 0 fully saturated rings. The molecule has 0 aliphatic carbocycles. The van der Waals surface area contributed by atoms with Crippen molar-refractivity contribution < 1.29 is 19.0 Å². The van der Waals surface area contributed by atoms with Crippen LogP contribution in [0.25, 0.3) is 0 Å². The normalized spacial score (nSPS) is 11.0. The highest BCUT2D eigenvalue weighted by Crippen LogP contribution is 2.28. The SMILES string of the molecule is CCOc1ccc(CNC(=O)COc2ccc(C(C)(C)C)cc2)cc1OCC. The van der Waals surface area contributed by atoms with Crippen LogP contribution < -0.4 is 19.5 Å². The molecule has 0 heterocycles. The van der Waals surface area contributed by atoms with Crippen molar-refractivity contribution in [3.05, 3.63) is 53.6 Å². The predicted octanol–water partition coefficient (Wildman–Crippen LogP) is 4.48. The summed E-state index contributed by atoms with van der Waals surface area (Å²) in [7, 11) is 0. The Morgan fingerprint density at radius 2 is 1.54 bits per heavy atom. The van der Waals surface area contributed by atoms with E-state index in [2.05, 4.69) is 26.1 Å². The maximum Gasteiger partial charge on any atom is 0.258 e. The van der Waals surface area contributed by atoms with E-state index in [4.69, 9.17) is 14.2 Å². The lowest BCUT2D eigenvalue weighted by molar-refractivity contribution is -0.123. The third-order valence-corrected chi connectivity index (χ3v) is 4.19. The molecule has 5 heteroatoms. The number of ether oxygens (including phenoxy) is 3. The second kappa shape index (κ2) is 10.0. The van der Waals surface area contributed by atoms with Gasteiger partial charge < -0.3 is 19.5 Å². The van der Waals surface area contributed by atoms with Crippen LogP contribution in [0.15, 0.2) is 42.5 Å². The summed E-state index contributed by atoms with van der Waals surface area (Å²) in [5, 5.41) is 2.87. The Balaban J connectivity index is 1.86. The molecular weight excluding hydrogens is 354 g/mol. The standard InChI is InChI=1S/C23H31NO4/c1-6-26-20-13-8-17(14-21(20)27-7-2)15-24-22(25)16-28-19-11-9-18(10-12-19)23(3,4)5/h8-14H,6-7,15-16H2,1-5H3,(H,24,25). The number of carbonyl (C=O) groups is 1. The van der Waals surface area contributed by atoms with E-state index in [-0.39, 0.29) is 17.9 Å². The minimum absolute atomic E-state index is 0.0236. The first-order chi connectivity index (χ1) is 13.3. The summed E-state index contributed by atoms with van der Waals surface area (Å²) in [6.45, 7) is 11.8. The van der Waals surface area contributed by atoms with Crippen molar-refractivity contribution in [1.82, 2.24) is 5.32 Å². The summed E-state index contributed by atoms with van der Waals surface area (Å²) < 4.78 is 16.7. The minimum Gasteiger partial charge on any atom is -0.490 e. The smallest absolute Gasteiger partial charge is 0.258 e. The highest BCUT2D eigenvalue weighted by Gasteiger charge is 2.13. The Hall–Kier alpha value is -2.69. The molecule has 0 spiro atoms. The van der Waals surface area contributed by atoms with Crippen LogP contribution in [-0.2, 0) is 16.8 Å². The fraction of sp³-hybridized carbons (Fsp3) is 0.435. The van der Waals surface area contributed by atoms with Gasteiger partial charge >= 0.3 is 0 Å². The Kier molecular flexibility index (Phi) is 7.73. The highest BCUT2D eigenvalue weighted by atomic mass is 16.5. The Morgan fingerprint density at radius 1 is 0.893 bits per heavy atom. The van der Waals surface area contributed by atoms with Gasteiger partial charge in [0, 0.05) is 6.54 Å². The zero-order valence-electron chi connectivity index (χ0n) is 17.5. The molecular formula is C23H31NO4. The predicted molar refractivity (Wildman–Crippen MR) is 111 cm³/mol. The van der Waals surface area contributed by atoms with Crippen LogP contribution in [0.4, 0.5) is 0 Å². The zero-order valence-corrected chi connectivity index (χ0v) is 17.5. The molecule has 5 nitrogen and oxygen atoms in total. The van der Waals surface area contributed by atoms with Crippen molar-refractivity contribution in [2.24, 2.45) is 0 Å². The number of hydrogen-bond acceptors (Lipinski definition) is 4.